The van der Waals surface area contributed by atoms with E-state index in [9.17, 15) is 9.90 Å². The van der Waals surface area contributed by atoms with Crippen LogP contribution in [0.1, 0.15) is 18.2 Å². The summed E-state index contributed by atoms with van der Waals surface area (Å²) >= 11 is 0. The minimum atomic E-state index is -4.64. The maximum Gasteiger partial charge on any atom is 0.466 e. The molecule has 0 amide bonds. The molecule has 1 aliphatic rings. The van der Waals surface area contributed by atoms with Crippen LogP contribution in [0, 0.1) is 0 Å². The molecule has 1 aromatic heterocycles. The van der Waals surface area contributed by atoms with Gasteiger partial charge >= 0.3 is 13.5 Å². The number of nitrogen functional groups attached to an aromatic ring is 1. The third-order valence-corrected chi connectivity index (χ3v) is 2.93. The van der Waals surface area contributed by atoms with Gasteiger partial charge in [-0.15, -0.1) is 0 Å². The smallest absolute Gasteiger partial charge is 0.394 e. The summed E-state index contributed by atoms with van der Waals surface area (Å²) in [5.41, 5.74) is 5.15. The van der Waals surface area contributed by atoms with Crippen LogP contribution in [0.4, 0.5) is 5.82 Å². The zero-order valence-electron chi connectivity index (χ0n) is 11.8. The third kappa shape index (κ3) is 5.97. The monoisotopic (exact) mass is 355 g/mol. The van der Waals surface area contributed by atoms with Crippen LogP contribution in [0.3, 0.4) is 0 Å². The minimum absolute atomic E-state index is 0.0315. The summed E-state index contributed by atoms with van der Waals surface area (Å²) in [4.78, 5) is 36.8. The van der Waals surface area contributed by atoms with Crippen molar-refractivity contribution < 1.29 is 39.3 Å². The van der Waals surface area contributed by atoms with E-state index in [2.05, 4.69) is 4.98 Å². The molecule has 0 bridgehead atoms. The Morgan fingerprint density at radius 3 is 2.39 bits per heavy atom. The molecular weight excluding hydrogens is 337 g/mol. The van der Waals surface area contributed by atoms with Crippen molar-refractivity contribution in [1.82, 2.24) is 9.55 Å². The summed E-state index contributed by atoms with van der Waals surface area (Å²) in [6, 6.07) is 0. The molecule has 23 heavy (non-hydrogen) atoms. The summed E-state index contributed by atoms with van der Waals surface area (Å²) in [6.45, 7) is -0.681. The van der Waals surface area contributed by atoms with Gasteiger partial charge in [0.1, 0.15) is 18.1 Å². The summed E-state index contributed by atoms with van der Waals surface area (Å²) in [6.07, 6.45) is -0.772. The summed E-state index contributed by atoms with van der Waals surface area (Å²) in [7, 11) is -4.64. The van der Waals surface area contributed by atoms with Crippen LogP contribution in [-0.4, -0.2) is 58.4 Å². The van der Waals surface area contributed by atoms with Gasteiger partial charge in [-0.05, 0) is 0 Å². The largest absolute Gasteiger partial charge is 0.466 e. The predicted octanol–water partition coefficient (Wildman–Crippen LogP) is -2.97. The first-order valence-electron chi connectivity index (χ1n) is 6.27. The first-order chi connectivity index (χ1) is 10.6. The zero-order chi connectivity index (χ0) is 17.8. The Bertz CT molecular complexity index is 622. The Morgan fingerprint density at radius 2 is 1.96 bits per heavy atom. The van der Waals surface area contributed by atoms with Crippen molar-refractivity contribution in [2.75, 3.05) is 12.3 Å². The highest BCUT2D eigenvalue weighted by atomic mass is 31.2. The second-order valence-corrected chi connectivity index (χ2v) is 5.65. The molecule has 0 aromatic carbocycles. The van der Waals surface area contributed by atoms with Gasteiger partial charge in [0.25, 0.3) is 0 Å². The Balaban J connectivity index is 0.000000463. The molecule has 2 rings (SSSR count). The van der Waals surface area contributed by atoms with E-state index in [0.29, 0.717) is 5.56 Å². The number of rotatable bonds is 3. The van der Waals surface area contributed by atoms with Crippen LogP contribution < -0.4 is 11.4 Å². The van der Waals surface area contributed by atoms with Gasteiger partial charge in [0, 0.05) is 18.2 Å². The lowest BCUT2D eigenvalue weighted by Crippen LogP contribution is -2.29. The summed E-state index contributed by atoms with van der Waals surface area (Å²) in [5.74, 6) is -0.0315. The molecule has 0 aliphatic carbocycles. The third-order valence-electron chi connectivity index (χ3n) is 2.93. The zero-order valence-corrected chi connectivity index (χ0v) is 12.7. The van der Waals surface area contributed by atoms with Crippen LogP contribution in [0.25, 0.3) is 0 Å². The number of nitrogens with two attached hydrogens (primary N) is 1. The molecule has 12 nitrogen and oxygen atoms in total. The van der Waals surface area contributed by atoms with Crippen molar-refractivity contribution in [3.63, 3.8) is 0 Å². The predicted molar refractivity (Wildman–Crippen MR) is 74.7 cm³/mol. The number of anilines is 1. The quantitative estimate of drug-likeness (QED) is 0.272. The highest BCUT2D eigenvalue weighted by Gasteiger charge is 2.35. The second-order valence-electron chi connectivity index (χ2n) is 4.63. The van der Waals surface area contributed by atoms with Crippen LogP contribution >= 0.6 is 7.82 Å². The van der Waals surface area contributed by atoms with Crippen molar-refractivity contribution in [3.8, 4) is 0 Å². The maximum absolute atomic E-state index is 11.7. The van der Waals surface area contributed by atoms with E-state index in [1.807, 2.05) is 0 Å². The summed E-state index contributed by atoms with van der Waals surface area (Å²) in [5, 5.41) is 27.6. The fourth-order valence-electron chi connectivity index (χ4n) is 1.90. The lowest BCUT2D eigenvalue weighted by Gasteiger charge is -2.15. The molecule has 0 spiro atoms. The van der Waals surface area contributed by atoms with Crippen molar-refractivity contribution >= 4 is 13.6 Å². The van der Waals surface area contributed by atoms with E-state index in [0.717, 1.165) is 4.57 Å². The van der Waals surface area contributed by atoms with Crippen LogP contribution in [-0.2, 0) is 15.9 Å². The van der Waals surface area contributed by atoms with Crippen LogP contribution in [0.15, 0.2) is 11.0 Å². The Labute approximate surface area is 129 Å². The molecule has 1 aliphatic heterocycles. The first kappa shape index (κ1) is 19.7. The number of aliphatic hydroxyl groups excluding tert-OH is 3. The Morgan fingerprint density at radius 1 is 1.39 bits per heavy atom. The van der Waals surface area contributed by atoms with Crippen LogP contribution in [0.5, 0.6) is 0 Å². The lowest BCUT2D eigenvalue weighted by molar-refractivity contribution is -0.0459. The standard InChI is InChI=1S/C10H15N3O5.H3O4P/c11-9-5(3-14)2-13(10(17)12-9)8-1-6(16)7(4-15)18-8;1-5(2,3)4/h2,6-8,14-16H,1,3-4H2,(H2,11,12,17);(H3,1,2,3,4)/t6-,7+,8+;/m0./s1. The second kappa shape index (κ2) is 7.95. The van der Waals surface area contributed by atoms with Gasteiger partial charge in [0.2, 0.25) is 0 Å². The van der Waals surface area contributed by atoms with Gasteiger partial charge in [-0.1, -0.05) is 0 Å². The molecule has 132 valence electrons. The average Bonchev–Trinajstić information content (AvgIpc) is 2.78. The molecule has 0 unspecified atom stereocenters. The molecular formula is C10H18N3O9P. The molecule has 0 saturated carbocycles. The van der Waals surface area contributed by atoms with Gasteiger partial charge in [-0.2, -0.15) is 4.98 Å². The van der Waals surface area contributed by atoms with Crippen molar-refractivity contribution in [1.29, 1.82) is 0 Å². The molecule has 1 saturated heterocycles. The molecule has 13 heteroatoms. The SMILES string of the molecule is Nc1nc(=O)n([C@H]2C[C@H](O)[C@@H](CO)O2)cc1CO.O=P(O)(O)O. The number of hydrogen-bond donors (Lipinski definition) is 7. The molecule has 2 heterocycles. The van der Waals surface area contributed by atoms with E-state index in [1.165, 1.54) is 6.20 Å². The summed E-state index contributed by atoms with van der Waals surface area (Å²) < 4.78 is 15.4. The molecule has 1 aromatic rings. The number of aromatic nitrogens is 2. The Kier molecular flexibility index (Phi) is 6.80. The van der Waals surface area contributed by atoms with E-state index in [4.69, 9.17) is 39.9 Å². The van der Waals surface area contributed by atoms with Gasteiger partial charge < -0.3 is 40.5 Å². The highest BCUT2D eigenvalue weighted by Crippen LogP contribution is 2.27. The fourth-order valence-corrected chi connectivity index (χ4v) is 1.90. The van der Waals surface area contributed by atoms with E-state index >= 15 is 0 Å². The normalized spacial score (nSPS) is 24.2. The van der Waals surface area contributed by atoms with Gasteiger partial charge in [0.05, 0.1) is 19.3 Å². The molecule has 1 fully saturated rings. The Hall–Kier alpha value is -1.37. The number of ether oxygens (including phenoxy) is 1. The fraction of sp³-hybridized carbons (Fsp3) is 0.600. The van der Waals surface area contributed by atoms with Gasteiger partial charge in [-0.3, -0.25) is 4.57 Å². The molecule has 0 radical (unpaired) electrons. The highest BCUT2D eigenvalue weighted by molar-refractivity contribution is 7.45. The van der Waals surface area contributed by atoms with Crippen molar-refractivity contribution in [2.45, 2.75) is 31.5 Å². The van der Waals surface area contributed by atoms with Gasteiger partial charge in [0.15, 0.2) is 0 Å². The molecule has 3 atom stereocenters. The van der Waals surface area contributed by atoms with Gasteiger partial charge in [-0.25, -0.2) is 9.36 Å². The number of nitrogens with zero attached hydrogens (tertiary/aromatic N) is 2. The number of aliphatic hydroxyl groups is 3. The minimum Gasteiger partial charge on any atom is -0.394 e. The van der Waals surface area contributed by atoms with E-state index in [1.54, 1.807) is 0 Å². The maximum atomic E-state index is 11.7. The number of phosphoric acid groups is 1. The topological polar surface area (TPSA) is 209 Å². The lowest BCUT2D eigenvalue weighted by atomic mass is 10.2. The number of hydrogen-bond acceptors (Lipinski definition) is 8. The van der Waals surface area contributed by atoms with Crippen molar-refractivity contribution in [2.24, 2.45) is 0 Å². The molecule has 8 N–H and O–H groups in total. The van der Waals surface area contributed by atoms with E-state index < -0.39 is 31.9 Å². The first-order valence-corrected chi connectivity index (χ1v) is 7.84. The van der Waals surface area contributed by atoms with Crippen molar-refractivity contribution in [3.05, 3.63) is 22.2 Å². The van der Waals surface area contributed by atoms with E-state index in [-0.39, 0.29) is 25.5 Å². The average molecular weight is 355 g/mol. The van der Waals surface area contributed by atoms with Crippen LogP contribution in [0.2, 0.25) is 0 Å².